The number of aromatic hydroxyl groups is 1. The number of methoxy groups -OCH3 is 3. The van der Waals surface area contributed by atoms with E-state index in [4.69, 9.17) is 18.9 Å². The van der Waals surface area contributed by atoms with Gasteiger partial charge in [-0.1, -0.05) is 30.3 Å². The molecule has 0 heterocycles. The first-order chi connectivity index (χ1) is 16.6. The van der Waals surface area contributed by atoms with Crippen LogP contribution in [-0.2, 0) is 15.9 Å². The summed E-state index contributed by atoms with van der Waals surface area (Å²) in [5.74, 6) is 1.36. The van der Waals surface area contributed by atoms with Gasteiger partial charge in [-0.25, -0.2) is 4.79 Å². The summed E-state index contributed by atoms with van der Waals surface area (Å²) in [6.07, 6.45) is -0.690. The average molecular weight is 480 g/mol. The summed E-state index contributed by atoms with van der Waals surface area (Å²) in [5.41, 5.74) is 3.03. The van der Waals surface area contributed by atoms with Crippen LogP contribution in [0.1, 0.15) is 38.0 Å². The van der Waals surface area contributed by atoms with Crippen LogP contribution in [-0.4, -0.2) is 38.1 Å². The molecular formula is C28H33NO6. The quantitative estimate of drug-likeness (QED) is 0.391. The smallest absolute Gasteiger partial charge is 0.412 e. The van der Waals surface area contributed by atoms with Crippen LogP contribution in [0.15, 0.2) is 60.7 Å². The molecule has 0 radical (unpaired) electrons. The average Bonchev–Trinajstić information content (AvgIpc) is 2.82. The first kappa shape index (κ1) is 25.9. The zero-order valence-corrected chi connectivity index (χ0v) is 21.0. The Morgan fingerprint density at radius 2 is 1.69 bits per heavy atom. The van der Waals surface area contributed by atoms with E-state index in [2.05, 4.69) is 5.32 Å². The molecule has 0 bridgehead atoms. The Bertz CT molecular complexity index is 1150. The maximum Gasteiger partial charge on any atom is 0.412 e. The second kappa shape index (κ2) is 11.1. The van der Waals surface area contributed by atoms with Crippen molar-refractivity contribution in [2.75, 3.05) is 26.6 Å². The van der Waals surface area contributed by atoms with Gasteiger partial charge in [0.25, 0.3) is 0 Å². The van der Waals surface area contributed by atoms with Crippen molar-refractivity contribution >= 4 is 11.8 Å². The van der Waals surface area contributed by atoms with Crippen LogP contribution in [0.2, 0.25) is 0 Å². The predicted octanol–water partition coefficient (Wildman–Crippen LogP) is 6.35. The van der Waals surface area contributed by atoms with E-state index < -0.39 is 17.8 Å². The fourth-order valence-electron chi connectivity index (χ4n) is 3.84. The number of nitrogens with one attached hydrogen (secondary N) is 1. The van der Waals surface area contributed by atoms with E-state index in [0.29, 0.717) is 29.2 Å². The SMILES string of the molecule is COc1ccc(O)c(C(Cc2cc(NC(=O)OC(C)(C)C)cc(-c3ccccc3)c2OC)OC)c1. The second-order valence-corrected chi connectivity index (χ2v) is 9.06. The third-order valence-electron chi connectivity index (χ3n) is 5.37. The van der Waals surface area contributed by atoms with Gasteiger partial charge in [-0.15, -0.1) is 0 Å². The van der Waals surface area contributed by atoms with Crippen molar-refractivity contribution in [1.29, 1.82) is 0 Å². The van der Waals surface area contributed by atoms with Crippen LogP contribution >= 0.6 is 0 Å². The summed E-state index contributed by atoms with van der Waals surface area (Å²) < 4.78 is 22.4. The number of rotatable bonds is 8. The van der Waals surface area contributed by atoms with Crippen molar-refractivity contribution in [3.05, 3.63) is 71.8 Å². The molecule has 0 aliphatic carbocycles. The summed E-state index contributed by atoms with van der Waals surface area (Å²) in [6.45, 7) is 5.43. The minimum atomic E-state index is -0.632. The number of carbonyl (C=O) groups is 1. The van der Waals surface area contributed by atoms with Gasteiger partial charge in [-0.3, -0.25) is 5.32 Å². The highest BCUT2D eigenvalue weighted by Gasteiger charge is 2.23. The molecule has 0 saturated heterocycles. The highest BCUT2D eigenvalue weighted by atomic mass is 16.6. The minimum Gasteiger partial charge on any atom is -0.508 e. The number of amides is 1. The van der Waals surface area contributed by atoms with Crippen molar-refractivity contribution in [3.8, 4) is 28.4 Å². The molecule has 1 atom stereocenters. The Labute approximate surface area is 206 Å². The lowest BCUT2D eigenvalue weighted by molar-refractivity contribution is 0.0636. The molecule has 7 heteroatoms. The zero-order valence-electron chi connectivity index (χ0n) is 21.0. The van der Waals surface area contributed by atoms with Crippen molar-refractivity contribution < 1.29 is 28.8 Å². The molecule has 7 nitrogen and oxygen atoms in total. The first-order valence-corrected chi connectivity index (χ1v) is 11.3. The normalized spacial score (nSPS) is 12.1. The third-order valence-corrected chi connectivity index (χ3v) is 5.37. The number of ether oxygens (including phenoxy) is 4. The van der Waals surface area contributed by atoms with Gasteiger partial charge in [-0.2, -0.15) is 0 Å². The Hall–Kier alpha value is -3.71. The van der Waals surface area contributed by atoms with E-state index in [1.165, 1.54) is 0 Å². The molecule has 186 valence electrons. The van der Waals surface area contributed by atoms with E-state index >= 15 is 0 Å². The molecule has 35 heavy (non-hydrogen) atoms. The summed E-state index contributed by atoms with van der Waals surface area (Å²) in [5, 5.41) is 13.3. The number of phenolic OH excluding ortho intramolecular Hbond substituents is 1. The van der Waals surface area contributed by atoms with E-state index in [-0.39, 0.29) is 5.75 Å². The van der Waals surface area contributed by atoms with Gasteiger partial charge in [0.15, 0.2) is 0 Å². The number of hydrogen-bond acceptors (Lipinski definition) is 6. The summed E-state index contributed by atoms with van der Waals surface area (Å²) in [6, 6.07) is 18.5. The molecule has 0 saturated carbocycles. The van der Waals surface area contributed by atoms with Gasteiger partial charge in [-0.05, 0) is 62.2 Å². The van der Waals surface area contributed by atoms with Gasteiger partial charge in [0.2, 0.25) is 0 Å². The highest BCUT2D eigenvalue weighted by Crippen LogP contribution is 2.40. The zero-order chi connectivity index (χ0) is 25.6. The van der Waals surface area contributed by atoms with Crippen molar-refractivity contribution in [1.82, 2.24) is 0 Å². The van der Waals surface area contributed by atoms with Gasteiger partial charge in [0.05, 0.1) is 20.3 Å². The molecule has 1 unspecified atom stereocenters. The molecule has 0 spiro atoms. The lowest BCUT2D eigenvalue weighted by Gasteiger charge is -2.23. The molecule has 3 aromatic carbocycles. The van der Waals surface area contributed by atoms with Crippen LogP contribution in [0.25, 0.3) is 11.1 Å². The number of carbonyl (C=O) groups excluding carboxylic acids is 1. The topological polar surface area (TPSA) is 86.3 Å². The van der Waals surface area contributed by atoms with Gasteiger partial charge >= 0.3 is 6.09 Å². The molecule has 0 fully saturated rings. The Kier molecular flexibility index (Phi) is 8.25. The fraction of sp³-hybridized carbons (Fsp3) is 0.321. The summed E-state index contributed by atoms with van der Waals surface area (Å²) >= 11 is 0. The molecule has 3 rings (SSSR count). The molecule has 0 aromatic heterocycles. The number of hydrogen-bond donors (Lipinski definition) is 2. The van der Waals surface area contributed by atoms with Crippen LogP contribution in [0.3, 0.4) is 0 Å². The van der Waals surface area contributed by atoms with E-state index in [1.807, 2.05) is 63.2 Å². The second-order valence-electron chi connectivity index (χ2n) is 9.06. The summed E-state index contributed by atoms with van der Waals surface area (Å²) in [7, 11) is 4.76. The molecular weight excluding hydrogens is 446 g/mol. The summed E-state index contributed by atoms with van der Waals surface area (Å²) in [4.78, 5) is 12.5. The maximum atomic E-state index is 12.5. The van der Waals surface area contributed by atoms with Gasteiger partial charge in [0, 0.05) is 30.3 Å². The Balaban J connectivity index is 2.08. The number of phenols is 1. The predicted molar refractivity (Wildman–Crippen MR) is 136 cm³/mol. The molecule has 3 aromatic rings. The molecule has 1 amide bonds. The molecule has 0 aliphatic heterocycles. The van der Waals surface area contributed by atoms with E-state index in [9.17, 15) is 9.90 Å². The molecule has 0 aliphatic rings. The van der Waals surface area contributed by atoms with E-state index in [1.54, 1.807) is 39.5 Å². The number of anilines is 1. The van der Waals surface area contributed by atoms with Crippen molar-refractivity contribution in [2.24, 2.45) is 0 Å². The largest absolute Gasteiger partial charge is 0.508 e. The van der Waals surface area contributed by atoms with Gasteiger partial charge < -0.3 is 24.1 Å². The van der Waals surface area contributed by atoms with Crippen LogP contribution < -0.4 is 14.8 Å². The Morgan fingerprint density at radius 1 is 0.971 bits per heavy atom. The van der Waals surface area contributed by atoms with E-state index in [0.717, 1.165) is 16.7 Å². The number of benzene rings is 3. The lowest BCUT2D eigenvalue weighted by atomic mass is 9.94. The Morgan fingerprint density at radius 3 is 2.29 bits per heavy atom. The highest BCUT2D eigenvalue weighted by molar-refractivity contribution is 5.88. The van der Waals surface area contributed by atoms with Crippen LogP contribution in [0, 0.1) is 0 Å². The third kappa shape index (κ3) is 6.67. The fourth-order valence-corrected chi connectivity index (χ4v) is 3.84. The van der Waals surface area contributed by atoms with Crippen LogP contribution in [0.5, 0.6) is 17.2 Å². The van der Waals surface area contributed by atoms with Crippen LogP contribution in [0.4, 0.5) is 10.5 Å². The minimum absolute atomic E-state index is 0.0999. The lowest BCUT2D eigenvalue weighted by Crippen LogP contribution is -2.27. The first-order valence-electron chi connectivity index (χ1n) is 11.3. The van der Waals surface area contributed by atoms with Gasteiger partial charge in [0.1, 0.15) is 22.8 Å². The monoisotopic (exact) mass is 479 g/mol. The molecule has 2 N–H and O–H groups in total. The van der Waals surface area contributed by atoms with Crippen molar-refractivity contribution in [3.63, 3.8) is 0 Å². The maximum absolute atomic E-state index is 12.5. The standard InChI is InChI=1S/C28H33NO6/c1-28(2,3)35-27(31)29-20-14-19(26(34-6)22(16-20)18-10-8-7-9-11-18)15-25(33-5)23-17-21(32-4)12-13-24(23)30/h7-14,16-17,25,30H,15H2,1-6H3,(H,29,31). The van der Waals surface area contributed by atoms with Crippen molar-refractivity contribution in [2.45, 2.75) is 38.9 Å².